The second-order valence-corrected chi connectivity index (χ2v) is 5.86. The van der Waals surface area contributed by atoms with Crippen LogP contribution in [0.3, 0.4) is 0 Å². The first-order chi connectivity index (χ1) is 10.8. The molecule has 1 aliphatic carbocycles. The van der Waals surface area contributed by atoms with Crippen molar-refractivity contribution in [3.63, 3.8) is 0 Å². The Morgan fingerprint density at radius 3 is 2.65 bits per heavy atom. The van der Waals surface area contributed by atoms with Gasteiger partial charge in [0.1, 0.15) is 6.54 Å². The van der Waals surface area contributed by atoms with Crippen molar-refractivity contribution in [1.82, 2.24) is 14.9 Å². The molecule has 5 nitrogen and oxygen atoms in total. The highest BCUT2D eigenvalue weighted by Crippen LogP contribution is 2.32. The molecule has 1 aliphatic rings. The van der Waals surface area contributed by atoms with Gasteiger partial charge in [0, 0.05) is 6.54 Å². The van der Waals surface area contributed by atoms with Crippen LogP contribution in [0.4, 0.5) is 13.2 Å². The Labute approximate surface area is 130 Å². The summed E-state index contributed by atoms with van der Waals surface area (Å²) in [6, 6.07) is 6.14. The van der Waals surface area contributed by atoms with Crippen LogP contribution in [0.5, 0.6) is 0 Å². The molecular formula is C15H16F3N3O2. The topological polar surface area (TPSA) is 67.2 Å². The van der Waals surface area contributed by atoms with E-state index in [1.165, 1.54) is 12.1 Å². The van der Waals surface area contributed by atoms with Gasteiger partial charge >= 0.3 is 6.18 Å². The molecular weight excluding hydrogens is 311 g/mol. The van der Waals surface area contributed by atoms with E-state index >= 15 is 0 Å². The number of carbonyl (C=O) groups excluding carboxylic acids is 1. The number of para-hydroxylation sites is 2. The summed E-state index contributed by atoms with van der Waals surface area (Å²) in [7, 11) is 0. The highest BCUT2D eigenvalue weighted by Gasteiger charge is 2.38. The molecule has 2 aromatic rings. The maximum absolute atomic E-state index is 13.1. The summed E-state index contributed by atoms with van der Waals surface area (Å²) in [6.45, 7) is -0.439. The van der Waals surface area contributed by atoms with Gasteiger partial charge in [-0.3, -0.25) is 4.79 Å². The average molecular weight is 327 g/mol. The highest BCUT2D eigenvalue weighted by molar-refractivity contribution is 5.81. The number of aliphatic hydroxyl groups is 1. The van der Waals surface area contributed by atoms with Gasteiger partial charge in [-0.2, -0.15) is 13.2 Å². The van der Waals surface area contributed by atoms with Crippen molar-refractivity contribution in [3.8, 4) is 0 Å². The normalized spacial score (nSPS) is 17.0. The average Bonchev–Trinajstić information content (AvgIpc) is 2.82. The molecule has 1 aromatic heterocycles. The molecule has 1 fully saturated rings. The summed E-state index contributed by atoms with van der Waals surface area (Å²) in [5.74, 6) is -1.69. The lowest BCUT2D eigenvalue weighted by Crippen LogP contribution is -2.48. The number of carbonyl (C=O) groups is 1. The third-order valence-corrected chi connectivity index (χ3v) is 4.11. The van der Waals surface area contributed by atoms with Gasteiger partial charge in [0.05, 0.1) is 16.6 Å². The molecule has 3 rings (SSSR count). The van der Waals surface area contributed by atoms with Gasteiger partial charge < -0.3 is 15.0 Å². The number of alkyl halides is 3. The van der Waals surface area contributed by atoms with E-state index in [0.29, 0.717) is 12.8 Å². The Morgan fingerprint density at radius 2 is 2.04 bits per heavy atom. The molecule has 1 saturated carbocycles. The molecule has 1 aromatic carbocycles. The Hall–Kier alpha value is -2.09. The van der Waals surface area contributed by atoms with Crippen LogP contribution in [0.25, 0.3) is 11.0 Å². The molecule has 0 unspecified atom stereocenters. The first-order valence-electron chi connectivity index (χ1n) is 7.30. The summed E-state index contributed by atoms with van der Waals surface area (Å²) >= 11 is 0. The number of fused-ring (bicyclic) bond motifs is 1. The third-order valence-electron chi connectivity index (χ3n) is 4.11. The molecule has 1 heterocycles. The fourth-order valence-electron chi connectivity index (χ4n) is 2.68. The van der Waals surface area contributed by atoms with Crippen molar-refractivity contribution in [2.75, 3.05) is 6.54 Å². The number of rotatable bonds is 4. The van der Waals surface area contributed by atoms with Crippen LogP contribution in [0.2, 0.25) is 0 Å². The number of nitrogens with zero attached hydrogens (tertiary/aromatic N) is 2. The minimum Gasteiger partial charge on any atom is -0.388 e. The minimum atomic E-state index is -4.65. The lowest BCUT2D eigenvalue weighted by molar-refractivity contribution is -0.147. The van der Waals surface area contributed by atoms with Crippen LogP contribution in [0.15, 0.2) is 24.3 Å². The monoisotopic (exact) mass is 327 g/mol. The van der Waals surface area contributed by atoms with Crippen molar-refractivity contribution < 1.29 is 23.1 Å². The lowest BCUT2D eigenvalue weighted by Gasteiger charge is -2.36. The molecule has 2 N–H and O–H groups in total. The largest absolute Gasteiger partial charge is 0.449 e. The molecule has 0 atom stereocenters. The maximum Gasteiger partial charge on any atom is 0.449 e. The predicted octanol–water partition coefficient (Wildman–Crippen LogP) is 2.09. The summed E-state index contributed by atoms with van der Waals surface area (Å²) in [5, 5.41) is 12.4. The van der Waals surface area contributed by atoms with E-state index in [0.717, 1.165) is 11.0 Å². The Kier molecular flexibility index (Phi) is 3.79. The molecule has 1 amide bonds. The predicted molar refractivity (Wildman–Crippen MR) is 76.5 cm³/mol. The number of hydrogen-bond donors (Lipinski definition) is 2. The van der Waals surface area contributed by atoms with E-state index in [1.54, 1.807) is 12.1 Å². The molecule has 0 saturated heterocycles. The zero-order chi connectivity index (χ0) is 16.7. The van der Waals surface area contributed by atoms with Gasteiger partial charge in [0.2, 0.25) is 11.7 Å². The maximum atomic E-state index is 13.1. The SMILES string of the molecule is O=C(Cn1c(C(F)(F)F)nc2ccccc21)NCC1(O)CCC1. The Bertz CT molecular complexity index is 735. The number of hydrogen-bond acceptors (Lipinski definition) is 3. The first kappa shape index (κ1) is 15.8. The molecule has 8 heteroatoms. The zero-order valence-corrected chi connectivity index (χ0v) is 12.2. The van der Waals surface area contributed by atoms with Gasteiger partial charge in [-0.05, 0) is 31.4 Å². The fraction of sp³-hybridized carbons (Fsp3) is 0.467. The molecule has 0 bridgehead atoms. The number of benzene rings is 1. The number of imidazole rings is 1. The molecule has 0 aliphatic heterocycles. The molecule has 0 spiro atoms. The Balaban J connectivity index is 1.82. The minimum absolute atomic E-state index is 0.0554. The van der Waals surface area contributed by atoms with Crippen LogP contribution >= 0.6 is 0 Å². The van der Waals surface area contributed by atoms with Gasteiger partial charge in [0.15, 0.2) is 0 Å². The van der Waals surface area contributed by atoms with Crippen molar-refractivity contribution in [1.29, 1.82) is 0 Å². The summed E-state index contributed by atoms with van der Waals surface area (Å²) in [4.78, 5) is 15.6. The van der Waals surface area contributed by atoms with Crippen molar-refractivity contribution in [2.45, 2.75) is 37.6 Å². The second-order valence-electron chi connectivity index (χ2n) is 5.86. The molecule has 124 valence electrons. The van der Waals surface area contributed by atoms with Crippen molar-refractivity contribution in [3.05, 3.63) is 30.1 Å². The van der Waals surface area contributed by atoms with Crippen LogP contribution < -0.4 is 5.32 Å². The van der Waals surface area contributed by atoms with Crippen LogP contribution in [-0.2, 0) is 17.5 Å². The standard InChI is InChI=1S/C15H16F3N3O2/c16-15(17,18)13-20-10-4-1-2-5-11(10)21(13)8-12(22)19-9-14(23)6-3-7-14/h1-2,4-5,23H,3,6-9H2,(H,19,22). The van der Waals surface area contributed by atoms with Crippen molar-refractivity contribution in [2.24, 2.45) is 0 Å². The first-order valence-corrected chi connectivity index (χ1v) is 7.30. The summed E-state index contributed by atoms with van der Waals surface area (Å²) in [6.07, 6.45) is -2.58. The van der Waals surface area contributed by atoms with Crippen LogP contribution in [0.1, 0.15) is 25.1 Å². The van der Waals surface area contributed by atoms with E-state index in [2.05, 4.69) is 10.3 Å². The summed E-state index contributed by atoms with van der Waals surface area (Å²) in [5.41, 5.74) is -0.484. The molecule has 23 heavy (non-hydrogen) atoms. The fourth-order valence-corrected chi connectivity index (χ4v) is 2.68. The van der Waals surface area contributed by atoms with Crippen molar-refractivity contribution >= 4 is 16.9 Å². The van der Waals surface area contributed by atoms with E-state index < -0.39 is 30.1 Å². The quantitative estimate of drug-likeness (QED) is 0.903. The third kappa shape index (κ3) is 3.17. The highest BCUT2D eigenvalue weighted by atomic mass is 19.4. The van der Waals surface area contributed by atoms with E-state index in [1.807, 2.05) is 0 Å². The van der Waals surface area contributed by atoms with Gasteiger partial charge in [-0.15, -0.1) is 0 Å². The van der Waals surface area contributed by atoms with E-state index in [4.69, 9.17) is 0 Å². The smallest absolute Gasteiger partial charge is 0.388 e. The number of aromatic nitrogens is 2. The van der Waals surface area contributed by atoms with E-state index in [9.17, 15) is 23.1 Å². The zero-order valence-electron chi connectivity index (χ0n) is 12.2. The number of halogens is 3. The van der Waals surface area contributed by atoms with Crippen LogP contribution in [0, 0.1) is 0 Å². The lowest BCUT2D eigenvalue weighted by atomic mass is 9.80. The number of amides is 1. The van der Waals surface area contributed by atoms with Gasteiger partial charge in [0.25, 0.3) is 0 Å². The van der Waals surface area contributed by atoms with Gasteiger partial charge in [-0.25, -0.2) is 4.98 Å². The van der Waals surface area contributed by atoms with Gasteiger partial charge in [-0.1, -0.05) is 12.1 Å². The van der Waals surface area contributed by atoms with E-state index in [-0.39, 0.29) is 17.6 Å². The summed E-state index contributed by atoms with van der Waals surface area (Å²) < 4.78 is 40.2. The number of nitrogens with one attached hydrogen (secondary N) is 1. The molecule has 0 radical (unpaired) electrons. The second kappa shape index (κ2) is 5.52. The Morgan fingerprint density at radius 1 is 1.35 bits per heavy atom. The van der Waals surface area contributed by atoms with Crippen LogP contribution in [-0.4, -0.2) is 32.7 Å².